The molecule has 0 saturated carbocycles. The van der Waals surface area contributed by atoms with E-state index in [0.29, 0.717) is 41.7 Å². The maximum atomic E-state index is 14.9. The van der Waals surface area contributed by atoms with Crippen molar-refractivity contribution in [2.24, 2.45) is 0 Å². The number of allylic oxidation sites excluding steroid dienone is 1. The Balaban J connectivity index is 1.65. The second-order valence-corrected chi connectivity index (χ2v) is 7.81. The van der Waals surface area contributed by atoms with E-state index in [1.807, 2.05) is 32.1 Å². The van der Waals surface area contributed by atoms with Gasteiger partial charge in [0.2, 0.25) is 5.82 Å². The highest BCUT2D eigenvalue weighted by Gasteiger charge is 2.31. The summed E-state index contributed by atoms with van der Waals surface area (Å²) in [6.45, 7) is 4.23. The summed E-state index contributed by atoms with van der Waals surface area (Å²) in [5.41, 5.74) is 2.04. The first-order valence-electron chi connectivity index (χ1n) is 10.3. The van der Waals surface area contributed by atoms with Crippen molar-refractivity contribution in [2.45, 2.75) is 58.0 Å². The number of hydrogen-bond donors (Lipinski definition) is 0. The monoisotopic (exact) mass is 402 g/mol. The van der Waals surface area contributed by atoms with Crippen LogP contribution in [0.2, 0.25) is 0 Å². The Labute approximate surface area is 169 Å². The van der Waals surface area contributed by atoms with Crippen molar-refractivity contribution in [1.29, 1.82) is 0 Å². The van der Waals surface area contributed by atoms with Crippen molar-refractivity contribution in [2.75, 3.05) is 6.61 Å². The van der Waals surface area contributed by atoms with Crippen LogP contribution < -0.4 is 4.74 Å². The number of aryl methyl sites for hydroxylation is 1. The van der Waals surface area contributed by atoms with Gasteiger partial charge in [0.25, 0.3) is 0 Å². The quantitative estimate of drug-likeness (QED) is 0.458. The molecule has 2 aliphatic heterocycles. The molecule has 0 amide bonds. The maximum Gasteiger partial charge on any atom is 0.201 e. The van der Waals surface area contributed by atoms with Gasteiger partial charge in [0, 0.05) is 23.5 Å². The standard InChI is InChI=1S/C24H25F3O2/c1-3-5-14-7-8-15-11-17-12-19(16-9-10-18(6-4-2)28-13-16)21(26)22(27)24(17)29-23(15)20(14)25/h4,6-8,12,16,18H,3,5,9-11,13H2,1-2H3/b6-4+. The number of ether oxygens (including phenoxy) is 2. The molecule has 0 N–H and O–H groups in total. The van der Waals surface area contributed by atoms with Crippen molar-refractivity contribution in [3.8, 4) is 11.5 Å². The summed E-state index contributed by atoms with van der Waals surface area (Å²) in [5.74, 6) is -2.83. The highest BCUT2D eigenvalue weighted by Crippen LogP contribution is 2.44. The maximum absolute atomic E-state index is 14.9. The lowest BCUT2D eigenvalue weighted by Crippen LogP contribution is -2.24. The fourth-order valence-corrected chi connectivity index (χ4v) is 4.26. The fourth-order valence-electron chi connectivity index (χ4n) is 4.26. The summed E-state index contributed by atoms with van der Waals surface area (Å²) >= 11 is 0. The Kier molecular flexibility index (Phi) is 5.68. The van der Waals surface area contributed by atoms with Crippen molar-refractivity contribution >= 4 is 0 Å². The molecule has 4 rings (SSSR count). The molecule has 0 aromatic heterocycles. The molecule has 2 atom stereocenters. The number of rotatable bonds is 4. The molecule has 0 bridgehead atoms. The van der Waals surface area contributed by atoms with Crippen LogP contribution in [0, 0.1) is 17.5 Å². The number of halogens is 3. The molecule has 1 saturated heterocycles. The molecule has 0 aliphatic carbocycles. The number of fused-ring (bicyclic) bond motifs is 2. The zero-order valence-electron chi connectivity index (χ0n) is 16.7. The lowest BCUT2D eigenvalue weighted by atomic mass is 9.87. The predicted molar refractivity (Wildman–Crippen MR) is 106 cm³/mol. The molecular formula is C24H25F3O2. The molecule has 2 heterocycles. The van der Waals surface area contributed by atoms with Crippen LogP contribution in [0.15, 0.2) is 30.4 Å². The summed E-state index contributed by atoms with van der Waals surface area (Å²) < 4.78 is 55.9. The van der Waals surface area contributed by atoms with Gasteiger partial charge in [0.05, 0.1) is 12.7 Å². The highest BCUT2D eigenvalue weighted by molar-refractivity contribution is 5.54. The number of benzene rings is 2. The molecule has 154 valence electrons. The van der Waals surface area contributed by atoms with Gasteiger partial charge in [-0.05, 0) is 43.4 Å². The van der Waals surface area contributed by atoms with Crippen LogP contribution in [0.1, 0.15) is 61.3 Å². The van der Waals surface area contributed by atoms with Crippen LogP contribution in [0.4, 0.5) is 13.2 Å². The van der Waals surface area contributed by atoms with Crippen LogP contribution >= 0.6 is 0 Å². The largest absolute Gasteiger partial charge is 0.450 e. The molecule has 0 spiro atoms. The average Bonchev–Trinajstić information content (AvgIpc) is 2.73. The molecule has 5 heteroatoms. The van der Waals surface area contributed by atoms with Crippen LogP contribution in [0.25, 0.3) is 0 Å². The Morgan fingerprint density at radius 2 is 1.83 bits per heavy atom. The first-order valence-corrected chi connectivity index (χ1v) is 10.3. The van der Waals surface area contributed by atoms with E-state index in [0.717, 1.165) is 19.3 Å². The van der Waals surface area contributed by atoms with Gasteiger partial charge in [-0.15, -0.1) is 0 Å². The van der Waals surface area contributed by atoms with E-state index in [9.17, 15) is 13.2 Å². The second kappa shape index (κ2) is 8.23. The molecule has 2 aliphatic rings. The van der Waals surface area contributed by atoms with Crippen LogP contribution in [-0.4, -0.2) is 12.7 Å². The van der Waals surface area contributed by atoms with Crippen LogP contribution in [-0.2, 0) is 17.6 Å². The minimum atomic E-state index is -1.04. The Morgan fingerprint density at radius 3 is 2.52 bits per heavy atom. The van der Waals surface area contributed by atoms with E-state index in [2.05, 4.69) is 0 Å². The van der Waals surface area contributed by atoms with Crippen molar-refractivity contribution in [1.82, 2.24) is 0 Å². The van der Waals surface area contributed by atoms with Gasteiger partial charge in [-0.1, -0.05) is 37.6 Å². The Hall–Kier alpha value is -2.27. The van der Waals surface area contributed by atoms with Gasteiger partial charge in [-0.2, -0.15) is 4.39 Å². The van der Waals surface area contributed by atoms with Gasteiger partial charge in [0.1, 0.15) is 0 Å². The summed E-state index contributed by atoms with van der Waals surface area (Å²) in [5, 5.41) is 0. The predicted octanol–water partition coefficient (Wildman–Crippen LogP) is 6.59. The third-order valence-electron chi connectivity index (χ3n) is 5.79. The average molecular weight is 402 g/mol. The highest BCUT2D eigenvalue weighted by atomic mass is 19.2. The molecule has 0 radical (unpaired) electrons. The third kappa shape index (κ3) is 3.68. The van der Waals surface area contributed by atoms with Gasteiger partial charge < -0.3 is 9.47 Å². The minimum Gasteiger partial charge on any atom is -0.450 e. The Bertz CT molecular complexity index is 944. The van der Waals surface area contributed by atoms with Gasteiger partial charge in [-0.3, -0.25) is 0 Å². The zero-order chi connectivity index (χ0) is 20.5. The van der Waals surface area contributed by atoms with Crippen molar-refractivity contribution in [3.05, 3.63) is 70.1 Å². The second-order valence-electron chi connectivity index (χ2n) is 7.81. The van der Waals surface area contributed by atoms with Gasteiger partial charge in [-0.25, -0.2) is 8.78 Å². The van der Waals surface area contributed by atoms with E-state index >= 15 is 0 Å². The summed E-state index contributed by atoms with van der Waals surface area (Å²) in [6, 6.07) is 5.24. The van der Waals surface area contributed by atoms with E-state index in [1.165, 1.54) is 0 Å². The molecule has 29 heavy (non-hydrogen) atoms. The van der Waals surface area contributed by atoms with E-state index in [4.69, 9.17) is 9.47 Å². The van der Waals surface area contributed by atoms with Crippen LogP contribution in [0.5, 0.6) is 11.5 Å². The summed E-state index contributed by atoms with van der Waals surface area (Å²) in [7, 11) is 0. The lowest BCUT2D eigenvalue weighted by molar-refractivity contribution is 0.0317. The van der Waals surface area contributed by atoms with Gasteiger partial charge >= 0.3 is 0 Å². The molecule has 1 fully saturated rings. The minimum absolute atomic E-state index is 0.0182. The van der Waals surface area contributed by atoms with E-state index < -0.39 is 17.5 Å². The smallest absolute Gasteiger partial charge is 0.201 e. The zero-order valence-corrected chi connectivity index (χ0v) is 16.7. The summed E-state index contributed by atoms with van der Waals surface area (Å²) in [6.07, 6.45) is 7.09. The van der Waals surface area contributed by atoms with E-state index in [1.54, 1.807) is 12.1 Å². The molecule has 2 nitrogen and oxygen atoms in total. The lowest BCUT2D eigenvalue weighted by Gasteiger charge is -2.29. The normalized spacial score (nSPS) is 21.0. The molecule has 2 unspecified atom stereocenters. The first kappa shape index (κ1) is 20.0. The SMILES string of the molecule is C/C=C/C1CCC(c2cc3c(c(F)c2F)Oc2c(ccc(CCC)c2F)C3)CO1. The molecule has 2 aromatic rings. The van der Waals surface area contributed by atoms with E-state index in [-0.39, 0.29) is 23.5 Å². The first-order chi connectivity index (χ1) is 14.0. The van der Waals surface area contributed by atoms with Gasteiger partial charge in [0.15, 0.2) is 23.1 Å². The van der Waals surface area contributed by atoms with Crippen molar-refractivity contribution in [3.63, 3.8) is 0 Å². The topological polar surface area (TPSA) is 18.5 Å². The van der Waals surface area contributed by atoms with Crippen LogP contribution in [0.3, 0.4) is 0 Å². The van der Waals surface area contributed by atoms with Crippen molar-refractivity contribution < 1.29 is 22.6 Å². The molecule has 2 aromatic carbocycles. The fraction of sp³-hybridized carbons (Fsp3) is 0.417. The number of hydrogen-bond acceptors (Lipinski definition) is 2. The molecular weight excluding hydrogens is 377 g/mol. The third-order valence-corrected chi connectivity index (χ3v) is 5.79. The Morgan fingerprint density at radius 1 is 1.03 bits per heavy atom. The summed E-state index contributed by atoms with van der Waals surface area (Å²) in [4.78, 5) is 0.